The fourth-order valence-corrected chi connectivity index (χ4v) is 5.98. The van der Waals surface area contributed by atoms with E-state index >= 15 is 0 Å². The van der Waals surface area contributed by atoms with Gasteiger partial charge in [-0.15, -0.1) is 0 Å². The van der Waals surface area contributed by atoms with Crippen molar-refractivity contribution in [2.75, 3.05) is 6.61 Å². The molecular formula is C17H22BrNO2. The number of halogens is 1. The number of hydrogen-bond donors (Lipinski definition) is 0. The molecule has 0 saturated heterocycles. The maximum Gasteiger partial charge on any atom is 0.198 e. The Morgan fingerprint density at radius 2 is 1.81 bits per heavy atom. The van der Waals surface area contributed by atoms with Gasteiger partial charge in [0.25, 0.3) is 0 Å². The first kappa shape index (κ1) is 13.9. The summed E-state index contributed by atoms with van der Waals surface area (Å²) < 4.78 is 7.46. The highest BCUT2D eigenvalue weighted by Crippen LogP contribution is 2.61. The summed E-state index contributed by atoms with van der Waals surface area (Å²) in [7, 11) is 0. The van der Waals surface area contributed by atoms with Crippen molar-refractivity contribution in [2.24, 2.45) is 23.2 Å². The van der Waals surface area contributed by atoms with Gasteiger partial charge in [0.05, 0.1) is 6.61 Å². The van der Waals surface area contributed by atoms with Crippen molar-refractivity contribution >= 4 is 15.9 Å². The second-order valence-corrected chi connectivity index (χ2v) is 8.39. The minimum Gasteiger partial charge on any atom is -0.619 e. The smallest absolute Gasteiger partial charge is 0.198 e. The van der Waals surface area contributed by atoms with Crippen molar-refractivity contribution in [3.8, 4) is 5.75 Å². The lowest BCUT2D eigenvalue weighted by Crippen LogP contribution is -2.46. The fraction of sp³-hybridized carbons (Fsp3) is 0.706. The van der Waals surface area contributed by atoms with Crippen LogP contribution in [-0.4, -0.2) is 6.61 Å². The highest BCUT2D eigenvalue weighted by Gasteiger charge is 2.50. The van der Waals surface area contributed by atoms with Crippen molar-refractivity contribution in [1.29, 1.82) is 0 Å². The molecule has 4 heteroatoms. The third kappa shape index (κ3) is 2.67. The van der Waals surface area contributed by atoms with E-state index in [1.54, 1.807) is 6.07 Å². The summed E-state index contributed by atoms with van der Waals surface area (Å²) in [5.41, 5.74) is 0.564. The first-order valence-electron chi connectivity index (χ1n) is 8.13. The van der Waals surface area contributed by atoms with E-state index in [9.17, 15) is 5.21 Å². The van der Waals surface area contributed by atoms with E-state index in [-0.39, 0.29) is 0 Å². The van der Waals surface area contributed by atoms with Gasteiger partial charge in [0.2, 0.25) is 0 Å². The first-order valence-corrected chi connectivity index (χ1v) is 8.92. The van der Waals surface area contributed by atoms with Gasteiger partial charge < -0.3 is 9.94 Å². The Hall–Kier alpha value is -0.770. The molecule has 4 fully saturated rings. The minimum atomic E-state index is 0.564. The predicted octanol–water partition coefficient (Wildman–Crippen LogP) is 4.07. The van der Waals surface area contributed by atoms with Crippen LogP contribution in [-0.2, 0) is 0 Å². The van der Waals surface area contributed by atoms with Crippen LogP contribution in [0.3, 0.4) is 0 Å². The number of hydrogen-bond acceptors (Lipinski definition) is 2. The molecule has 4 saturated carbocycles. The van der Waals surface area contributed by atoms with Gasteiger partial charge in [-0.3, -0.25) is 0 Å². The molecule has 1 aromatic heterocycles. The molecule has 4 aliphatic rings. The first-order chi connectivity index (χ1) is 10.1. The van der Waals surface area contributed by atoms with E-state index in [1.807, 2.05) is 0 Å². The van der Waals surface area contributed by atoms with Crippen LogP contribution in [0.15, 0.2) is 22.9 Å². The maximum absolute atomic E-state index is 11.2. The minimum absolute atomic E-state index is 0.564. The zero-order valence-electron chi connectivity index (χ0n) is 12.3. The van der Waals surface area contributed by atoms with Crippen LogP contribution in [0.5, 0.6) is 5.75 Å². The van der Waals surface area contributed by atoms with Crippen molar-refractivity contribution in [3.05, 3.63) is 28.1 Å². The predicted molar refractivity (Wildman–Crippen MR) is 83.8 cm³/mol. The normalized spacial score (nSPS) is 36.9. The maximum atomic E-state index is 11.2. The van der Waals surface area contributed by atoms with Crippen LogP contribution in [0.1, 0.15) is 44.9 Å². The molecule has 0 N–H and O–H groups in total. The van der Waals surface area contributed by atoms with Crippen LogP contribution in [0, 0.1) is 28.4 Å². The second kappa shape index (κ2) is 5.15. The summed E-state index contributed by atoms with van der Waals surface area (Å²) >= 11 is 3.40. The Morgan fingerprint density at radius 1 is 1.19 bits per heavy atom. The Kier molecular flexibility index (Phi) is 3.40. The van der Waals surface area contributed by atoms with Gasteiger partial charge in [0.1, 0.15) is 10.2 Å². The van der Waals surface area contributed by atoms with Gasteiger partial charge >= 0.3 is 0 Å². The van der Waals surface area contributed by atoms with Crippen LogP contribution < -0.4 is 9.47 Å². The topological polar surface area (TPSA) is 36.2 Å². The van der Waals surface area contributed by atoms with E-state index < -0.39 is 0 Å². The Bertz CT molecular complexity index is 510. The molecule has 1 aromatic rings. The Morgan fingerprint density at radius 3 is 2.38 bits per heavy atom. The third-order valence-electron chi connectivity index (χ3n) is 5.90. The van der Waals surface area contributed by atoms with Crippen molar-refractivity contribution in [1.82, 2.24) is 0 Å². The van der Waals surface area contributed by atoms with Crippen LogP contribution >= 0.6 is 15.9 Å². The van der Waals surface area contributed by atoms with Gasteiger partial charge in [-0.25, -0.2) is 0 Å². The zero-order valence-corrected chi connectivity index (χ0v) is 13.8. The zero-order chi connectivity index (χ0) is 14.4. The largest absolute Gasteiger partial charge is 0.619 e. The highest BCUT2D eigenvalue weighted by atomic mass is 79.9. The van der Waals surface area contributed by atoms with E-state index in [1.165, 1.54) is 57.3 Å². The summed E-state index contributed by atoms with van der Waals surface area (Å²) in [6, 6.07) is 1.75. The van der Waals surface area contributed by atoms with Gasteiger partial charge in [-0.1, -0.05) is 0 Å². The molecule has 4 aliphatic carbocycles. The molecule has 0 unspecified atom stereocenters. The summed E-state index contributed by atoms with van der Waals surface area (Å²) in [5, 5.41) is 11.2. The monoisotopic (exact) mass is 351 g/mol. The number of pyridine rings is 1. The SMILES string of the molecule is [O-][n+]1ccc(OCCC23CC4CC(CC(C4)C2)C3)c(Br)c1. The molecule has 0 radical (unpaired) electrons. The van der Waals surface area contributed by atoms with Crippen LogP contribution in [0.25, 0.3) is 0 Å². The van der Waals surface area contributed by atoms with Crippen molar-refractivity contribution in [3.63, 3.8) is 0 Å². The molecule has 5 rings (SSSR count). The van der Waals surface area contributed by atoms with Gasteiger partial charge in [0, 0.05) is 6.07 Å². The lowest BCUT2D eigenvalue weighted by molar-refractivity contribution is -0.606. The Balaban J connectivity index is 1.38. The Labute approximate surface area is 134 Å². The fourth-order valence-electron chi connectivity index (χ4n) is 5.53. The second-order valence-electron chi connectivity index (χ2n) is 7.53. The van der Waals surface area contributed by atoms with E-state index in [0.29, 0.717) is 5.41 Å². The molecule has 0 spiro atoms. The molecule has 0 atom stereocenters. The molecule has 3 nitrogen and oxygen atoms in total. The van der Waals surface area contributed by atoms with Crippen LogP contribution in [0.2, 0.25) is 0 Å². The van der Waals surface area contributed by atoms with Gasteiger partial charge in [-0.2, -0.15) is 4.73 Å². The number of ether oxygens (including phenoxy) is 1. The van der Waals surface area contributed by atoms with Crippen molar-refractivity contribution < 1.29 is 9.47 Å². The van der Waals surface area contributed by atoms with Crippen molar-refractivity contribution in [2.45, 2.75) is 44.9 Å². The molecule has 114 valence electrons. The quantitative estimate of drug-likeness (QED) is 0.605. The molecule has 4 bridgehead atoms. The van der Waals surface area contributed by atoms with Crippen LogP contribution in [0.4, 0.5) is 0 Å². The lowest BCUT2D eigenvalue weighted by atomic mass is 9.49. The summed E-state index contributed by atoms with van der Waals surface area (Å²) in [4.78, 5) is 0. The molecule has 21 heavy (non-hydrogen) atoms. The molecule has 0 amide bonds. The van der Waals surface area contributed by atoms with E-state index in [0.717, 1.165) is 39.3 Å². The van der Waals surface area contributed by atoms with E-state index in [2.05, 4.69) is 15.9 Å². The third-order valence-corrected chi connectivity index (χ3v) is 6.50. The van der Waals surface area contributed by atoms with Gasteiger partial charge in [0.15, 0.2) is 12.4 Å². The number of aromatic nitrogens is 1. The summed E-state index contributed by atoms with van der Waals surface area (Å²) in [6.07, 6.45) is 12.9. The van der Waals surface area contributed by atoms with E-state index in [4.69, 9.17) is 4.74 Å². The molecule has 0 aromatic carbocycles. The summed E-state index contributed by atoms with van der Waals surface area (Å²) in [6.45, 7) is 0.771. The number of rotatable bonds is 4. The standard InChI is InChI=1S/C17H22BrNO2/c18-15-11-19(20)3-1-16(15)21-4-2-17-8-12-5-13(9-17)7-14(6-12)10-17/h1,3,11-14H,2,4-10H2. The number of nitrogens with zero attached hydrogens (tertiary/aromatic N) is 1. The molecule has 1 heterocycles. The summed E-state index contributed by atoms with van der Waals surface area (Å²) in [5.74, 6) is 3.78. The molecule has 0 aliphatic heterocycles. The average molecular weight is 352 g/mol. The molecular weight excluding hydrogens is 330 g/mol. The lowest BCUT2D eigenvalue weighted by Gasteiger charge is -2.57. The average Bonchev–Trinajstić information content (AvgIpc) is 2.39. The highest BCUT2D eigenvalue weighted by molar-refractivity contribution is 9.10. The van der Waals surface area contributed by atoms with Gasteiger partial charge in [-0.05, 0) is 84.0 Å².